The number of hydrogen-bond acceptors (Lipinski definition) is 4. The summed E-state index contributed by atoms with van der Waals surface area (Å²) in [6.07, 6.45) is 6.38. The number of rotatable bonds is 8. The first-order chi connectivity index (χ1) is 11.4. The molecule has 0 radical (unpaired) electrons. The van der Waals surface area contributed by atoms with Gasteiger partial charge in [-0.25, -0.2) is 4.72 Å². The first-order valence-corrected chi connectivity index (χ1v) is 10.9. The van der Waals surface area contributed by atoms with Crippen molar-refractivity contribution in [3.8, 4) is 0 Å². The lowest BCUT2D eigenvalue weighted by molar-refractivity contribution is 0.106. The van der Waals surface area contributed by atoms with Crippen molar-refractivity contribution in [3.63, 3.8) is 0 Å². The molecule has 2 heterocycles. The molecule has 0 aliphatic carbocycles. The van der Waals surface area contributed by atoms with Gasteiger partial charge < -0.3 is 4.74 Å². The van der Waals surface area contributed by atoms with Gasteiger partial charge in [-0.2, -0.15) is 12.7 Å². The van der Waals surface area contributed by atoms with Gasteiger partial charge in [-0.15, -0.1) is 0 Å². The van der Waals surface area contributed by atoms with Crippen LogP contribution in [0.3, 0.4) is 0 Å². The number of nitrogens with one attached hydrogen (secondary N) is 1. The zero-order chi connectivity index (χ0) is 17.6. The molecule has 2 aliphatic heterocycles. The molecule has 0 saturated carbocycles. The van der Waals surface area contributed by atoms with E-state index in [4.69, 9.17) is 4.74 Å². The number of ether oxygens (including phenoxy) is 1. The quantitative estimate of drug-likeness (QED) is 0.716. The molecule has 0 aromatic heterocycles. The zero-order valence-corrected chi connectivity index (χ0v) is 16.4. The Morgan fingerprint density at radius 2 is 1.83 bits per heavy atom. The molecule has 0 bridgehead atoms. The van der Waals surface area contributed by atoms with E-state index in [1.54, 1.807) is 11.4 Å². The van der Waals surface area contributed by atoms with Gasteiger partial charge in [-0.3, -0.25) is 4.90 Å². The highest BCUT2D eigenvalue weighted by atomic mass is 32.2. The van der Waals surface area contributed by atoms with Gasteiger partial charge in [-0.1, -0.05) is 6.42 Å². The molecule has 2 aliphatic rings. The summed E-state index contributed by atoms with van der Waals surface area (Å²) < 4.78 is 34.5. The standard InChI is InChI=1S/C17H35N3O3S/c1-15(2)20-11-5-4-6-17(20)7-10-18-24(21,22)19-12-8-16(9-13-19)14-23-3/h15-18H,4-14H2,1-3H3. The summed E-state index contributed by atoms with van der Waals surface area (Å²) in [6, 6.07) is 1.04. The molecule has 0 aromatic carbocycles. The molecule has 6 nitrogen and oxygen atoms in total. The molecule has 2 fully saturated rings. The molecule has 7 heteroatoms. The fourth-order valence-electron chi connectivity index (χ4n) is 4.01. The van der Waals surface area contributed by atoms with Crippen LogP contribution in [0, 0.1) is 5.92 Å². The fraction of sp³-hybridized carbons (Fsp3) is 1.00. The van der Waals surface area contributed by atoms with E-state index < -0.39 is 10.2 Å². The van der Waals surface area contributed by atoms with Crippen LogP contribution in [0.2, 0.25) is 0 Å². The topological polar surface area (TPSA) is 61.9 Å². The van der Waals surface area contributed by atoms with Gasteiger partial charge in [0.15, 0.2) is 0 Å². The first kappa shape index (κ1) is 20.1. The van der Waals surface area contributed by atoms with Gasteiger partial charge in [0.2, 0.25) is 0 Å². The highest BCUT2D eigenvalue weighted by Gasteiger charge is 2.29. The maximum Gasteiger partial charge on any atom is 0.279 e. The van der Waals surface area contributed by atoms with E-state index in [1.807, 2.05) is 0 Å². The Hall–Kier alpha value is -0.210. The van der Waals surface area contributed by atoms with E-state index in [2.05, 4.69) is 23.5 Å². The highest BCUT2D eigenvalue weighted by molar-refractivity contribution is 7.87. The van der Waals surface area contributed by atoms with Crippen LogP contribution < -0.4 is 4.72 Å². The predicted molar refractivity (Wildman–Crippen MR) is 97.2 cm³/mol. The molecule has 142 valence electrons. The van der Waals surface area contributed by atoms with Gasteiger partial charge in [0.25, 0.3) is 10.2 Å². The number of nitrogens with zero attached hydrogens (tertiary/aromatic N) is 2. The minimum atomic E-state index is -3.34. The average Bonchev–Trinajstić information content (AvgIpc) is 2.56. The van der Waals surface area contributed by atoms with Crippen LogP contribution in [-0.2, 0) is 14.9 Å². The summed E-state index contributed by atoms with van der Waals surface area (Å²) in [5.41, 5.74) is 0. The van der Waals surface area contributed by atoms with Crippen molar-refractivity contribution in [2.24, 2.45) is 5.92 Å². The van der Waals surface area contributed by atoms with Crippen LogP contribution in [0.15, 0.2) is 0 Å². The van der Waals surface area contributed by atoms with Gasteiger partial charge >= 0.3 is 0 Å². The van der Waals surface area contributed by atoms with Crippen LogP contribution in [0.4, 0.5) is 0 Å². The molecular weight excluding hydrogens is 326 g/mol. The van der Waals surface area contributed by atoms with Crippen LogP contribution in [-0.4, -0.2) is 69.6 Å². The summed E-state index contributed by atoms with van der Waals surface area (Å²) in [5, 5.41) is 0. The fourth-order valence-corrected chi connectivity index (χ4v) is 5.26. The largest absolute Gasteiger partial charge is 0.384 e. The number of methoxy groups -OCH3 is 1. The normalized spacial score (nSPS) is 25.4. The van der Waals surface area contributed by atoms with Crippen LogP contribution >= 0.6 is 0 Å². The Morgan fingerprint density at radius 1 is 1.12 bits per heavy atom. The van der Waals surface area contributed by atoms with Crippen molar-refractivity contribution in [2.75, 3.05) is 39.9 Å². The van der Waals surface area contributed by atoms with Crippen molar-refractivity contribution in [2.45, 2.75) is 64.5 Å². The van der Waals surface area contributed by atoms with Crippen molar-refractivity contribution in [1.82, 2.24) is 13.9 Å². The van der Waals surface area contributed by atoms with Crippen molar-refractivity contribution in [3.05, 3.63) is 0 Å². The molecule has 1 unspecified atom stereocenters. The number of hydrogen-bond donors (Lipinski definition) is 1. The third-order valence-electron chi connectivity index (χ3n) is 5.41. The Kier molecular flexibility index (Phi) is 7.94. The van der Waals surface area contributed by atoms with Gasteiger partial charge in [0, 0.05) is 45.4 Å². The zero-order valence-electron chi connectivity index (χ0n) is 15.5. The number of likely N-dealkylation sites (tertiary alicyclic amines) is 1. The summed E-state index contributed by atoms with van der Waals surface area (Å²) in [5.74, 6) is 0.489. The lowest BCUT2D eigenvalue weighted by Gasteiger charge is -2.39. The van der Waals surface area contributed by atoms with E-state index in [0.29, 0.717) is 37.6 Å². The molecular formula is C17H35N3O3S. The summed E-state index contributed by atoms with van der Waals surface area (Å²) in [7, 11) is -1.63. The molecule has 0 aromatic rings. The van der Waals surface area contributed by atoms with E-state index >= 15 is 0 Å². The SMILES string of the molecule is COCC1CCN(S(=O)(=O)NCCC2CCCCN2C(C)C)CC1. The Labute approximate surface area is 148 Å². The first-order valence-electron chi connectivity index (χ1n) is 9.43. The van der Waals surface area contributed by atoms with Crippen LogP contribution in [0.1, 0.15) is 52.4 Å². The molecule has 24 heavy (non-hydrogen) atoms. The van der Waals surface area contributed by atoms with E-state index in [9.17, 15) is 8.42 Å². The van der Waals surface area contributed by atoms with Gasteiger partial charge in [0.05, 0.1) is 0 Å². The van der Waals surface area contributed by atoms with E-state index in [1.165, 1.54) is 19.3 Å². The van der Waals surface area contributed by atoms with Gasteiger partial charge in [-0.05, 0) is 58.4 Å². The van der Waals surface area contributed by atoms with Crippen molar-refractivity contribution >= 4 is 10.2 Å². The third-order valence-corrected chi connectivity index (χ3v) is 7.03. The smallest absolute Gasteiger partial charge is 0.279 e. The Balaban J connectivity index is 1.76. The number of piperidine rings is 2. The molecule has 2 rings (SSSR count). The van der Waals surface area contributed by atoms with Crippen molar-refractivity contribution < 1.29 is 13.2 Å². The maximum absolute atomic E-state index is 12.5. The molecule has 0 spiro atoms. The second-order valence-electron chi connectivity index (χ2n) is 7.47. The van der Waals surface area contributed by atoms with Crippen LogP contribution in [0.25, 0.3) is 0 Å². The summed E-state index contributed by atoms with van der Waals surface area (Å²) in [6.45, 7) is 8.07. The van der Waals surface area contributed by atoms with E-state index in [-0.39, 0.29) is 0 Å². The molecule has 1 N–H and O–H groups in total. The summed E-state index contributed by atoms with van der Waals surface area (Å²) >= 11 is 0. The predicted octanol–water partition coefficient (Wildman–Crippen LogP) is 1.83. The Morgan fingerprint density at radius 3 is 2.46 bits per heavy atom. The van der Waals surface area contributed by atoms with Gasteiger partial charge in [0.1, 0.15) is 0 Å². The van der Waals surface area contributed by atoms with Crippen LogP contribution in [0.5, 0.6) is 0 Å². The molecule has 1 atom stereocenters. The molecule has 0 amide bonds. The minimum absolute atomic E-state index is 0.489. The minimum Gasteiger partial charge on any atom is -0.384 e. The maximum atomic E-state index is 12.5. The molecule has 2 saturated heterocycles. The van der Waals surface area contributed by atoms with Crippen molar-refractivity contribution in [1.29, 1.82) is 0 Å². The lowest BCUT2D eigenvalue weighted by Crippen LogP contribution is -2.48. The van der Waals surface area contributed by atoms with E-state index in [0.717, 1.165) is 32.4 Å². The average molecular weight is 362 g/mol. The second kappa shape index (κ2) is 9.48. The third kappa shape index (κ3) is 5.66. The summed E-state index contributed by atoms with van der Waals surface area (Å²) in [4.78, 5) is 2.52. The second-order valence-corrected chi connectivity index (χ2v) is 9.22. The lowest BCUT2D eigenvalue weighted by atomic mass is 9.98. The highest BCUT2D eigenvalue weighted by Crippen LogP contribution is 2.22. The monoisotopic (exact) mass is 361 g/mol. The Bertz CT molecular complexity index is 462.